The van der Waals surface area contributed by atoms with Crippen LogP contribution in [0.5, 0.6) is 0 Å². The SMILES string of the molecule is NCCCC1CCN1C(=O)C1CCOC1. The molecule has 2 aliphatic rings. The molecule has 2 rings (SSSR count). The van der Waals surface area contributed by atoms with Crippen LogP contribution >= 0.6 is 0 Å². The smallest absolute Gasteiger partial charge is 0.228 e. The summed E-state index contributed by atoms with van der Waals surface area (Å²) in [7, 11) is 0. The number of carbonyl (C=O) groups excluding carboxylic acids is 1. The topological polar surface area (TPSA) is 55.6 Å². The van der Waals surface area contributed by atoms with Gasteiger partial charge in [-0.1, -0.05) is 0 Å². The van der Waals surface area contributed by atoms with Gasteiger partial charge in [-0.15, -0.1) is 0 Å². The summed E-state index contributed by atoms with van der Waals surface area (Å²) in [5.74, 6) is 0.437. The quantitative estimate of drug-likeness (QED) is 0.732. The molecule has 0 aromatic carbocycles. The molecule has 1 amide bonds. The number of hydrogen-bond acceptors (Lipinski definition) is 3. The summed E-state index contributed by atoms with van der Waals surface area (Å²) >= 11 is 0. The Labute approximate surface area is 90.8 Å². The third kappa shape index (κ3) is 2.32. The Kier molecular flexibility index (Phi) is 3.59. The summed E-state index contributed by atoms with van der Waals surface area (Å²) in [4.78, 5) is 14.0. The van der Waals surface area contributed by atoms with Crippen molar-refractivity contribution in [1.29, 1.82) is 0 Å². The summed E-state index contributed by atoms with van der Waals surface area (Å²) in [6.07, 6.45) is 4.14. The van der Waals surface area contributed by atoms with E-state index in [0.717, 1.165) is 45.4 Å². The van der Waals surface area contributed by atoms with E-state index >= 15 is 0 Å². The molecular formula is C11H20N2O2. The Morgan fingerprint density at radius 1 is 1.47 bits per heavy atom. The van der Waals surface area contributed by atoms with Crippen LogP contribution in [-0.4, -0.2) is 43.2 Å². The van der Waals surface area contributed by atoms with Gasteiger partial charge in [0.1, 0.15) is 0 Å². The van der Waals surface area contributed by atoms with Crippen LogP contribution in [0.25, 0.3) is 0 Å². The lowest BCUT2D eigenvalue weighted by Gasteiger charge is -2.42. The average Bonchev–Trinajstić information content (AvgIpc) is 2.69. The maximum atomic E-state index is 12.0. The lowest BCUT2D eigenvalue weighted by Crippen LogP contribution is -2.53. The third-order valence-corrected chi connectivity index (χ3v) is 3.45. The Balaban J connectivity index is 1.79. The summed E-state index contributed by atoms with van der Waals surface area (Å²) in [5, 5.41) is 0. The molecule has 4 nitrogen and oxygen atoms in total. The molecule has 4 heteroatoms. The van der Waals surface area contributed by atoms with Crippen molar-refractivity contribution in [2.24, 2.45) is 11.7 Å². The maximum absolute atomic E-state index is 12.0. The van der Waals surface area contributed by atoms with Crippen LogP contribution in [0.4, 0.5) is 0 Å². The third-order valence-electron chi connectivity index (χ3n) is 3.45. The van der Waals surface area contributed by atoms with E-state index in [1.165, 1.54) is 0 Å². The molecule has 0 saturated carbocycles. The first kappa shape index (κ1) is 10.9. The van der Waals surface area contributed by atoms with Crippen LogP contribution < -0.4 is 5.73 Å². The van der Waals surface area contributed by atoms with Crippen LogP contribution in [0, 0.1) is 5.92 Å². The van der Waals surface area contributed by atoms with Gasteiger partial charge in [0.2, 0.25) is 5.91 Å². The molecule has 0 aromatic heterocycles. The van der Waals surface area contributed by atoms with Crippen LogP contribution in [-0.2, 0) is 9.53 Å². The van der Waals surface area contributed by atoms with Gasteiger partial charge in [-0.25, -0.2) is 0 Å². The number of carbonyl (C=O) groups is 1. The first-order valence-electron chi connectivity index (χ1n) is 5.91. The highest BCUT2D eigenvalue weighted by molar-refractivity contribution is 5.80. The van der Waals surface area contributed by atoms with Crippen molar-refractivity contribution in [3.05, 3.63) is 0 Å². The molecule has 2 heterocycles. The van der Waals surface area contributed by atoms with E-state index in [9.17, 15) is 4.79 Å². The van der Waals surface area contributed by atoms with Gasteiger partial charge >= 0.3 is 0 Å². The summed E-state index contributed by atoms with van der Waals surface area (Å²) in [5.41, 5.74) is 5.48. The van der Waals surface area contributed by atoms with Crippen LogP contribution in [0.1, 0.15) is 25.7 Å². The molecule has 86 valence electrons. The summed E-state index contributed by atoms with van der Waals surface area (Å²) in [6.45, 7) is 3.03. The second kappa shape index (κ2) is 4.94. The first-order valence-corrected chi connectivity index (χ1v) is 5.91. The molecule has 0 bridgehead atoms. The first-order chi connectivity index (χ1) is 7.33. The molecule has 2 saturated heterocycles. The predicted molar refractivity (Wildman–Crippen MR) is 57.3 cm³/mol. The maximum Gasteiger partial charge on any atom is 0.228 e. The minimum atomic E-state index is 0.130. The molecule has 15 heavy (non-hydrogen) atoms. The van der Waals surface area contributed by atoms with Crippen LogP contribution in [0.15, 0.2) is 0 Å². The highest BCUT2D eigenvalue weighted by atomic mass is 16.5. The average molecular weight is 212 g/mol. The molecule has 2 N–H and O–H groups in total. The van der Waals surface area contributed by atoms with Gasteiger partial charge in [0.15, 0.2) is 0 Å². The number of nitrogens with two attached hydrogens (primary N) is 1. The van der Waals surface area contributed by atoms with Crippen molar-refractivity contribution in [1.82, 2.24) is 4.90 Å². The second-order valence-electron chi connectivity index (χ2n) is 4.47. The number of ether oxygens (including phenoxy) is 1. The Morgan fingerprint density at radius 3 is 2.87 bits per heavy atom. The number of hydrogen-bond donors (Lipinski definition) is 1. The standard InChI is InChI=1S/C11H20N2O2/c12-5-1-2-10-3-6-13(10)11(14)9-4-7-15-8-9/h9-10H,1-8,12H2. The lowest BCUT2D eigenvalue weighted by atomic mass is 9.95. The summed E-state index contributed by atoms with van der Waals surface area (Å²) < 4.78 is 5.25. The largest absolute Gasteiger partial charge is 0.381 e. The Morgan fingerprint density at radius 2 is 2.33 bits per heavy atom. The van der Waals surface area contributed by atoms with E-state index < -0.39 is 0 Å². The van der Waals surface area contributed by atoms with Gasteiger partial charge in [0.25, 0.3) is 0 Å². The monoisotopic (exact) mass is 212 g/mol. The fraction of sp³-hybridized carbons (Fsp3) is 0.909. The van der Waals surface area contributed by atoms with Crippen molar-refractivity contribution in [2.75, 3.05) is 26.3 Å². The fourth-order valence-electron chi connectivity index (χ4n) is 2.35. The molecule has 2 unspecified atom stereocenters. The van der Waals surface area contributed by atoms with Gasteiger partial charge < -0.3 is 15.4 Å². The highest BCUT2D eigenvalue weighted by Crippen LogP contribution is 2.26. The molecule has 2 fully saturated rings. The van der Waals surface area contributed by atoms with Crippen molar-refractivity contribution < 1.29 is 9.53 Å². The number of likely N-dealkylation sites (tertiary alicyclic amines) is 1. The fourth-order valence-corrected chi connectivity index (χ4v) is 2.35. The predicted octanol–water partition coefficient (Wildman–Crippen LogP) is 0.363. The van der Waals surface area contributed by atoms with Crippen LogP contribution in [0.3, 0.4) is 0 Å². The van der Waals surface area contributed by atoms with Crippen molar-refractivity contribution in [3.63, 3.8) is 0 Å². The molecule has 0 radical (unpaired) electrons. The van der Waals surface area contributed by atoms with Gasteiger partial charge in [-0.05, 0) is 32.2 Å². The second-order valence-corrected chi connectivity index (χ2v) is 4.47. The van der Waals surface area contributed by atoms with Gasteiger partial charge in [0.05, 0.1) is 12.5 Å². The summed E-state index contributed by atoms with van der Waals surface area (Å²) in [6, 6.07) is 0.460. The zero-order chi connectivity index (χ0) is 10.7. The lowest BCUT2D eigenvalue weighted by molar-refractivity contribution is -0.143. The zero-order valence-corrected chi connectivity index (χ0v) is 9.15. The van der Waals surface area contributed by atoms with Gasteiger partial charge in [-0.3, -0.25) is 4.79 Å². The van der Waals surface area contributed by atoms with Crippen molar-refractivity contribution in [2.45, 2.75) is 31.7 Å². The Hall–Kier alpha value is -0.610. The van der Waals surface area contributed by atoms with Crippen molar-refractivity contribution in [3.8, 4) is 0 Å². The van der Waals surface area contributed by atoms with Crippen LogP contribution in [0.2, 0.25) is 0 Å². The van der Waals surface area contributed by atoms with E-state index in [0.29, 0.717) is 18.6 Å². The minimum Gasteiger partial charge on any atom is -0.381 e. The molecule has 2 aliphatic heterocycles. The minimum absolute atomic E-state index is 0.130. The van der Waals surface area contributed by atoms with E-state index in [1.807, 2.05) is 4.90 Å². The highest BCUT2D eigenvalue weighted by Gasteiger charge is 2.36. The van der Waals surface area contributed by atoms with Gasteiger partial charge in [0, 0.05) is 19.2 Å². The zero-order valence-electron chi connectivity index (χ0n) is 9.15. The van der Waals surface area contributed by atoms with E-state index in [2.05, 4.69) is 0 Å². The van der Waals surface area contributed by atoms with E-state index in [1.54, 1.807) is 0 Å². The molecule has 0 aliphatic carbocycles. The number of rotatable bonds is 4. The van der Waals surface area contributed by atoms with Gasteiger partial charge in [-0.2, -0.15) is 0 Å². The Bertz CT molecular complexity index is 227. The molecule has 0 aromatic rings. The molecule has 0 spiro atoms. The number of nitrogens with zero attached hydrogens (tertiary/aromatic N) is 1. The van der Waals surface area contributed by atoms with E-state index in [4.69, 9.17) is 10.5 Å². The van der Waals surface area contributed by atoms with E-state index in [-0.39, 0.29) is 5.92 Å². The normalized spacial score (nSPS) is 30.3. The van der Waals surface area contributed by atoms with Crippen molar-refractivity contribution >= 4 is 5.91 Å². The molecule has 2 atom stereocenters. The molecular weight excluding hydrogens is 192 g/mol. The number of amides is 1.